The van der Waals surface area contributed by atoms with Gasteiger partial charge < -0.3 is 34.1 Å². The summed E-state index contributed by atoms with van der Waals surface area (Å²) in [7, 11) is 1.91. The van der Waals surface area contributed by atoms with E-state index in [4.69, 9.17) is 18.9 Å². The minimum Gasteiger partial charge on any atom is -0.507 e. The second-order valence-electron chi connectivity index (χ2n) is 9.32. The number of phenols is 1. The molecule has 3 heterocycles. The van der Waals surface area contributed by atoms with Gasteiger partial charge in [0.2, 0.25) is 6.79 Å². The third-order valence-electron chi connectivity index (χ3n) is 7.01. The Morgan fingerprint density at radius 1 is 1.00 bits per heavy atom. The number of likely N-dealkylation sites (N-methyl/N-ethyl adjacent to an activating group) is 1. The summed E-state index contributed by atoms with van der Waals surface area (Å²) in [6.45, 7) is 3.33. The number of hydrogen-bond acceptors (Lipinski definition) is 9. The molecule has 0 spiro atoms. The smallest absolute Gasteiger partial charge is 0.300 e. The Kier molecular flexibility index (Phi) is 5.94. The number of hydrogen-bond donors (Lipinski definition) is 2. The molecule has 3 aliphatic heterocycles. The maximum Gasteiger partial charge on any atom is 0.300 e. The standard InChI is InChI=1S/C29H26N2O8/c1-3-36-23-13-16(4-7-20(23)32)26-25(27(33)17-5-8-21-19(12-17)30(2)10-11-37-21)28(34)29(35)31(26)18-6-9-22-24(14-18)39-15-38-22/h4-9,12-14,26,32-33H,3,10-11,15H2,1-2H3/b27-25+. The number of Topliss-reactive ketones (excluding diaryl/α,β-unsaturated/α-hetero) is 1. The van der Waals surface area contributed by atoms with Crippen molar-refractivity contribution in [2.45, 2.75) is 13.0 Å². The van der Waals surface area contributed by atoms with Crippen LogP contribution >= 0.6 is 0 Å². The van der Waals surface area contributed by atoms with Gasteiger partial charge in [-0.15, -0.1) is 0 Å². The molecule has 3 aromatic rings. The second kappa shape index (κ2) is 9.46. The second-order valence-corrected chi connectivity index (χ2v) is 9.32. The van der Waals surface area contributed by atoms with Gasteiger partial charge in [-0.1, -0.05) is 6.07 Å². The van der Waals surface area contributed by atoms with Crippen molar-refractivity contribution in [3.05, 3.63) is 71.3 Å². The highest BCUT2D eigenvalue weighted by molar-refractivity contribution is 6.51. The summed E-state index contributed by atoms with van der Waals surface area (Å²) in [6.07, 6.45) is 0. The maximum absolute atomic E-state index is 13.6. The predicted octanol–water partition coefficient (Wildman–Crippen LogP) is 3.97. The number of carbonyl (C=O) groups is 2. The molecule has 1 fully saturated rings. The van der Waals surface area contributed by atoms with E-state index in [1.807, 2.05) is 11.9 Å². The van der Waals surface area contributed by atoms with Gasteiger partial charge in [-0.2, -0.15) is 0 Å². The topological polar surface area (TPSA) is 118 Å². The van der Waals surface area contributed by atoms with Gasteiger partial charge in [0.05, 0.1) is 30.5 Å². The Bertz CT molecular complexity index is 1530. The highest BCUT2D eigenvalue weighted by Crippen LogP contribution is 2.46. The first-order valence-corrected chi connectivity index (χ1v) is 12.5. The first-order valence-electron chi connectivity index (χ1n) is 12.5. The fourth-order valence-electron chi connectivity index (χ4n) is 5.07. The van der Waals surface area contributed by atoms with Crippen LogP contribution in [0.15, 0.2) is 60.2 Å². The number of phenolic OH excluding ortho intramolecular Hbond substituents is 1. The van der Waals surface area contributed by atoms with Crippen molar-refractivity contribution in [1.82, 2.24) is 0 Å². The molecule has 0 saturated carbocycles. The van der Waals surface area contributed by atoms with Crippen molar-refractivity contribution in [2.24, 2.45) is 0 Å². The van der Waals surface area contributed by atoms with Crippen LogP contribution in [0.4, 0.5) is 11.4 Å². The summed E-state index contributed by atoms with van der Waals surface area (Å²) in [4.78, 5) is 30.4. The van der Waals surface area contributed by atoms with Crippen LogP contribution < -0.4 is 28.7 Å². The van der Waals surface area contributed by atoms with E-state index in [1.165, 1.54) is 11.0 Å². The first kappa shape index (κ1) is 24.5. The highest BCUT2D eigenvalue weighted by atomic mass is 16.7. The van der Waals surface area contributed by atoms with Gasteiger partial charge in [0.25, 0.3) is 11.7 Å². The third kappa shape index (κ3) is 4.04. The normalized spacial score (nSPS) is 19.2. The number of ketones is 1. The fourth-order valence-corrected chi connectivity index (χ4v) is 5.07. The molecule has 200 valence electrons. The van der Waals surface area contributed by atoms with Gasteiger partial charge in [0, 0.05) is 24.4 Å². The van der Waals surface area contributed by atoms with E-state index >= 15 is 0 Å². The quantitative estimate of drug-likeness (QED) is 0.287. The van der Waals surface area contributed by atoms with Crippen molar-refractivity contribution < 1.29 is 38.7 Å². The molecule has 0 aromatic heterocycles. The van der Waals surface area contributed by atoms with Gasteiger partial charge >= 0.3 is 0 Å². The van der Waals surface area contributed by atoms with Gasteiger partial charge in [-0.25, -0.2) is 0 Å². The first-order chi connectivity index (χ1) is 18.9. The minimum atomic E-state index is -1.02. The molecule has 2 N–H and O–H groups in total. The van der Waals surface area contributed by atoms with E-state index in [2.05, 4.69) is 0 Å². The van der Waals surface area contributed by atoms with Crippen LogP contribution in [0.2, 0.25) is 0 Å². The Morgan fingerprint density at radius 2 is 1.79 bits per heavy atom. The van der Waals surface area contributed by atoms with Crippen molar-refractivity contribution in [3.63, 3.8) is 0 Å². The number of benzene rings is 3. The highest BCUT2D eigenvalue weighted by Gasteiger charge is 2.47. The third-order valence-corrected chi connectivity index (χ3v) is 7.01. The van der Waals surface area contributed by atoms with Crippen LogP contribution in [0.5, 0.6) is 28.7 Å². The average molecular weight is 531 g/mol. The summed E-state index contributed by atoms with van der Waals surface area (Å²) in [5.41, 5.74) is 1.88. The molecule has 0 radical (unpaired) electrons. The van der Waals surface area contributed by atoms with Gasteiger partial charge in [0.15, 0.2) is 23.0 Å². The van der Waals surface area contributed by atoms with E-state index in [0.29, 0.717) is 53.8 Å². The van der Waals surface area contributed by atoms with Gasteiger partial charge in [-0.05, 0) is 55.0 Å². The van der Waals surface area contributed by atoms with E-state index in [-0.39, 0.29) is 29.6 Å². The number of ether oxygens (including phenoxy) is 4. The lowest BCUT2D eigenvalue weighted by molar-refractivity contribution is -0.132. The summed E-state index contributed by atoms with van der Waals surface area (Å²) in [5.74, 6) is -0.250. The number of fused-ring (bicyclic) bond motifs is 2. The van der Waals surface area contributed by atoms with Gasteiger partial charge in [0.1, 0.15) is 18.1 Å². The Balaban J connectivity index is 1.54. The summed E-state index contributed by atoms with van der Waals surface area (Å²) in [5, 5.41) is 21.9. The minimum absolute atomic E-state index is 0.0488. The molecule has 1 saturated heterocycles. The van der Waals surface area contributed by atoms with Crippen LogP contribution in [0, 0.1) is 0 Å². The van der Waals surface area contributed by atoms with E-state index in [1.54, 1.807) is 55.5 Å². The van der Waals surface area contributed by atoms with Gasteiger partial charge in [-0.3, -0.25) is 14.5 Å². The monoisotopic (exact) mass is 530 g/mol. The summed E-state index contributed by atoms with van der Waals surface area (Å²) in [6, 6.07) is 13.6. The van der Waals surface area contributed by atoms with Crippen LogP contribution in [0.1, 0.15) is 24.1 Å². The van der Waals surface area contributed by atoms with Crippen molar-refractivity contribution in [3.8, 4) is 28.7 Å². The average Bonchev–Trinajstić information content (AvgIpc) is 3.51. The van der Waals surface area contributed by atoms with E-state index in [9.17, 15) is 19.8 Å². The molecular weight excluding hydrogens is 504 g/mol. The van der Waals surface area contributed by atoms with Crippen LogP contribution in [-0.2, 0) is 9.59 Å². The Labute approximate surface area is 224 Å². The number of aliphatic hydroxyl groups excluding tert-OH is 1. The number of rotatable bonds is 5. The molecule has 1 unspecified atom stereocenters. The maximum atomic E-state index is 13.6. The van der Waals surface area contributed by atoms with Crippen LogP contribution in [0.3, 0.4) is 0 Å². The van der Waals surface area contributed by atoms with Crippen LogP contribution in [-0.4, -0.2) is 55.5 Å². The SMILES string of the molecule is CCOc1cc(C2/C(=C(\O)c3ccc4c(c3)N(C)CCO4)C(=O)C(=O)N2c2ccc3c(c2)OCO3)ccc1O. The summed E-state index contributed by atoms with van der Waals surface area (Å²) < 4.78 is 22.2. The molecule has 1 amide bonds. The van der Waals surface area contributed by atoms with E-state index < -0.39 is 17.7 Å². The lowest BCUT2D eigenvalue weighted by Crippen LogP contribution is -2.29. The molecule has 3 aliphatic rings. The molecule has 39 heavy (non-hydrogen) atoms. The number of aliphatic hydroxyl groups is 1. The molecule has 1 atom stereocenters. The molecule has 10 heteroatoms. The van der Waals surface area contributed by atoms with Crippen molar-refractivity contribution in [2.75, 3.05) is 43.4 Å². The van der Waals surface area contributed by atoms with E-state index in [0.717, 1.165) is 5.69 Å². The summed E-state index contributed by atoms with van der Waals surface area (Å²) >= 11 is 0. The molecule has 0 aliphatic carbocycles. The Morgan fingerprint density at radius 3 is 2.62 bits per heavy atom. The molecule has 10 nitrogen and oxygen atoms in total. The lowest BCUT2D eigenvalue weighted by Gasteiger charge is -2.28. The zero-order chi connectivity index (χ0) is 27.3. The number of carbonyl (C=O) groups excluding carboxylic acids is 2. The lowest BCUT2D eigenvalue weighted by atomic mass is 9.94. The zero-order valence-electron chi connectivity index (χ0n) is 21.3. The number of amides is 1. The van der Waals surface area contributed by atoms with Crippen LogP contribution in [0.25, 0.3) is 5.76 Å². The predicted molar refractivity (Wildman–Crippen MR) is 142 cm³/mol. The van der Waals surface area contributed by atoms with Crippen molar-refractivity contribution in [1.29, 1.82) is 0 Å². The molecule has 6 rings (SSSR count). The number of aromatic hydroxyl groups is 1. The number of anilines is 2. The molecule has 0 bridgehead atoms. The molecular formula is C29H26N2O8. The van der Waals surface area contributed by atoms with Crippen molar-refractivity contribution >= 4 is 28.8 Å². The zero-order valence-corrected chi connectivity index (χ0v) is 21.3. The molecule has 3 aromatic carbocycles. The largest absolute Gasteiger partial charge is 0.507 e. The number of nitrogens with zero attached hydrogens (tertiary/aromatic N) is 2. The fraction of sp³-hybridized carbons (Fsp3) is 0.241. The Hall–Kier alpha value is -4.86.